The first-order valence-corrected chi connectivity index (χ1v) is 6.83. The highest BCUT2D eigenvalue weighted by Crippen LogP contribution is 2.23. The van der Waals surface area contributed by atoms with E-state index < -0.39 is 0 Å². The molecule has 0 aromatic heterocycles. The molecule has 2 heteroatoms. The molecule has 0 unspecified atom stereocenters. The normalized spacial score (nSPS) is 25.0. The Morgan fingerprint density at radius 1 is 1.00 bits per heavy atom. The number of rotatable bonds is 5. The van der Waals surface area contributed by atoms with E-state index in [4.69, 9.17) is 0 Å². The second-order valence-electron chi connectivity index (χ2n) is 5.22. The first-order chi connectivity index (χ1) is 7.33. The van der Waals surface area contributed by atoms with Gasteiger partial charge in [0.25, 0.3) is 0 Å². The molecule has 1 aliphatic heterocycles. The molecule has 1 heterocycles. The zero-order valence-electron chi connectivity index (χ0n) is 10.3. The number of hydrogen-bond donors (Lipinski definition) is 1. The minimum absolute atomic E-state index is 0.822. The van der Waals surface area contributed by atoms with E-state index in [2.05, 4.69) is 24.1 Å². The molecule has 2 aliphatic rings. The van der Waals surface area contributed by atoms with E-state index in [0.29, 0.717) is 0 Å². The van der Waals surface area contributed by atoms with E-state index in [0.717, 1.165) is 18.1 Å². The average Bonchev–Trinajstić information content (AvgIpc) is 3.06. The minimum atomic E-state index is 0.822. The number of piperidine rings is 1. The van der Waals surface area contributed by atoms with Gasteiger partial charge in [0.1, 0.15) is 0 Å². The predicted molar refractivity (Wildman–Crippen MR) is 65.1 cm³/mol. The summed E-state index contributed by atoms with van der Waals surface area (Å²) in [6.07, 6.45) is 8.22. The average molecular weight is 210 g/mol. The molecular formula is C13H26N2. The maximum Gasteiger partial charge on any atom is 0.00940 e. The standard InChI is InChI=1S/C13H26N2/c1-3-13(4-2)15-9-7-12(8-10-15)14-11-5-6-11/h11-14H,3-10H2,1-2H3. The van der Waals surface area contributed by atoms with Gasteiger partial charge in [0.15, 0.2) is 0 Å². The highest BCUT2D eigenvalue weighted by molar-refractivity contribution is 4.88. The molecule has 0 atom stereocenters. The summed E-state index contributed by atoms with van der Waals surface area (Å²) in [6, 6.07) is 2.55. The van der Waals surface area contributed by atoms with Gasteiger partial charge >= 0.3 is 0 Å². The van der Waals surface area contributed by atoms with Gasteiger partial charge in [-0.25, -0.2) is 0 Å². The lowest BCUT2D eigenvalue weighted by Crippen LogP contribution is -2.46. The van der Waals surface area contributed by atoms with Crippen molar-refractivity contribution in [3.05, 3.63) is 0 Å². The zero-order chi connectivity index (χ0) is 10.7. The molecule has 0 amide bonds. The van der Waals surface area contributed by atoms with Gasteiger partial charge in [0.05, 0.1) is 0 Å². The molecular weight excluding hydrogens is 184 g/mol. The van der Waals surface area contributed by atoms with E-state index in [9.17, 15) is 0 Å². The van der Waals surface area contributed by atoms with Crippen LogP contribution < -0.4 is 5.32 Å². The first kappa shape index (κ1) is 11.4. The third-order valence-corrected chi connectivity index (χ3v) is 4.04. The Kier molecular flexibility index (Phi) is 4.04. The van der Waals surface area contributed by atoms with Gasteiger partial charge in [-0.2, -0.15) is 0 Å². The molecule has 0 aromatic rings. The summed E-state index contributed by atoms with van der Waals surface area (Å²) in [5.74, 6) is 0. The Balaban J connectivity index is 1.70. The van der Waals surface area contributed by atoms with E-state index in [-0.39, 0.29) is 0 Å². The van der Waals surface area contributed by atoms with Crippen LogP contribution in [0.15, 0.2) is 0 Å². The van der Waals surface area contributed by atoms with Crippen LogP contribution >= 0.6 is 0 Å². The van der Waals surface area contributed by atoms with Gasteiger partial charge in [-0.15, -0.1) is 0 Å². The number of nitrogens with one attached hydrogen (secondary N) is 1. The fourth-order valence-electron chi connectivity index (χ4n) is 2.82. The summed E-state index contributed by atoms with van der Waals surface area (Å²) >= 11 is 0. The number of hydrogen-bond acceptors (Lipinski definition) is 2. The fraction of sp³-hybridized carbons (Fsp3) is 1.00. The Hall–Kier alpha value is -0.0800. The summed E-state index contributed by atoms with van der Waals surface area (Å²) in [6.45, 7) is 7.28. The van der Waals surface area contributed by atoms with Crippen LogP contribution in [0.4, 0.5) is 0 Å². The van der Waals surface area contributed by atoms with E-state index in [1.165, 1.54) is 51.6 Å². The Morgan fingerprint density at radius 3 is 2.00 bits per heavy atom. The summed E-state index contributed by atoms with van der Waals surface area (Å²) in [4.78, 5) is 2.70. The van der Waals surface area contributed by atoms with E-state index in [1.54, 1.807) is 0 Å². The van der Waals surface area contributed by atoms with Crippen molar-refractivity contribution >= 4 is 0 Å². The van der Waals surface area contributed by atoms with E-state index in [1.807, 2.05) is 0 Å². The van der Waals surface area contributed by atoms with Crippen molar-refractivity contribution in [1.29, 1.82) is 0 Å². The van der Waals surface area contributed by atoms with Gasteiger partial charge in [-0.3, -0.25) is 0 Å². The third-order valence-electron chi connectivity index (χ3n) is 4.04. The molecule has 88 valence electrons. The molecule has 2 fully saturated rings. The smallest absolute Gasteiger partial charge is 0.00940 e. The van der Waals surface area contributed by atoms with Crippen LogP contribution in [-0.2, 0) is 0 Å². The predicted octanol–water partition coefficient (Wildman–Crippen LogP) is 2.39. The molecule has 1 saturated heterocycles. The first-order valence-electron chi connectivity index (χ1n) is 6.83. The lowest BCUT2D eigenvalue weighted by Gasteiger charge is -2.37. The second-order valence-corrected chi connectivity index (χ2v) is 5.22. The van der Waals surface area contributed by atoms with Crippen molar-refractivity contribution in [2.45, 2.75) is 70.5 Å². The van der Waals surface area contributed by atoms with Crippen molar-refractivity contribution in [3.63, 3.8) is 0 Å². The van der Waals surface area contributed by atoms with E-state index >= 15 is 0 Å². The molecule has 1 N–H and O–H groups in total. The lowest BCUT2D eigenvalue weighted by atomic mass is 10.0. The molecule has 0 aromatic carbocycles. The van der Waals surface area contributed by atoms with Crippen LogP contribution in [0.3, 0.4) is 0 Å². The van der Waals surface area contributed by atoms with Gasteiger partial charge in [0, 0.05) is 18.1 Å². The van der Waals surface area contributed by atoms with Gasteiger partial charge < -0.3 is 10.2 Å². The lowest BCUT2D eigenvalue weighted by molar-refractivity contribution is 0.135. The van der Waals surface area contributed by atoms with Crippen LogP contribution in [0.5, 0.6) is 0 Å². The van der Waals surface area contributed by atoms with Gasteiger partial charge in [-0.05, 0) is 51.6 Å². The second kappa shape index (κ2) is 5.31. The fourth-order valence-corrected chi connectivity index (χ4v) is 2.82. The molecule has 0 bridgehead atoms. The number of likely N-dealkylation sites (tertiary alicyclic amines) is 1. The van der Waals surface area contributed by atoms with Crippen molar-refractivity contribution in [2.75, 3.05) is 13.1 Å². The quantitative estimate of drug-likeness (QED) is 0.749. The van der Waals surface area contributed by atoms with Crippen LogP contribution in [0, 0.1) is 0 Å². The molecule has 2 nitrogen and oxygen atoms in total. The number of nitrogens with zero attached hydrogens (tertiary/aromatic N) is 1. The summed E-state index contributed by atoms with van der Waals surface area (Å²) in [5.41, 5.74) is 0. The summed E-state index contributed by atoms with van der Waals surface area (Å²) < 4.78 is 0. The third kappa shape index (κ3) is 3.18. The monoisotopic (exact) mass is 210 g/mol. The Labute approximate surface area is 94.4 Å². The van der Waals surface area contributed by atoms with Crippen LogP contribution in [0.25, 0.3) is 0 Å². The van der Waals surface area contributed by atoms with Crippen LogP contribution in [-0.4, -0.2) is 36.1 Å². The van der Waals surface area contributed by atoms with Gasteiger partial charge in [0.2, 0.25) is 0 Å². The molecule has 1 aliphatic carbocycles. The van der Waals surface area contributed by atoms with Crippen molar-refractivity contribution < 1.29 is 0 Å². The summed E-state index contributed by atoms with van der Waals surface area (Å²) in [5, 5.41) is 3.76. The van der Waals surface area contributed by atoms with Crippen molar-refractivity contribution in [3.8, 4) is 0 Å². The maximum absolute atomic E-state index is 3.76. The molecule has 1 saturated carbocycles. The highest BCUT2D eigenvalue weighted by Gasteiger charge is 2.28. The zero-order valence-corrected chi connectivity index (χ0v) is 10.3. The maximum atomic E-state index is 3.76. The van der Waals surface area contributed by atoms with Crippen LogP contribution in [0.1, 0.15) is 52.4 Å². The highest BCUT2D eigenvalue weighted by atomic mass is 15.2. The van der Waals surface area contributed by atoms with Gasteiger partial charge in [-0.1, -0.05) is 13.8 Å². The summed E-state index contributed by atoms with van der Waals surface area (Å²) in [7, 11) is 0. The van der Waals surface area contributed by atoms with Crippen molar-refractivity contribution in [2.24, 2.45) is 0 Å². The Bertz CT molecular complexity index is 177. The molecule has 0 spiro atoms. The van der Waals surface area contributed by atoms with Crippen molar-refractivity contribution in [1.82, 2.24) is 10.2 Å². The molecule has 0 radical (unpaired) electrons. The SMILES string of the molecule is CCC(CC)N1CCC(NC2CC2)CC1. The topological polar surface area (TPSA) is 15.3 Å². The van der Waals surface area contributed by atoms with Crippen LogP contribution in [0.2, 0.25) is 0 Å². The minimum Gasteiger partial charge on any atom is -0.311 e. The molecule has 15 heavy (non-hydrogen) atoms. The Morgan fingerprint density at radius 2 is 1.53 bits per heavy atom. The molecule has 2 rings (SSSR count). The largest absolute Gasteiger partial charge is 0.311 e.